The number of nitrogens with zero attached hydrogens (tertiary/aromatic N) is 2. The van der Waals surface area contributed by atoms with Gasteiger partial charge in [0, 0.05) is 23.8 Å². The summed E-state index contributed by atoms with van der Waals surface area (Å²) < 4.78 is 0. The Kier molecular flexibility index (Phi) is 6.50. The molecule has 3 rings (SSSR count). The first-order chi connectivity index (χ1) is 13.2. The van der Waals surface area contributed by atoms with Crippen molar-refractivity contribution in [2.24, 2.45) is 5.10 Å². The van der Waals surface area contributed by atoms with Gasteiger partial charge in [-0.25, -0.2) is 0 Å². The molecular formula is C23H24ClN3. The van der Waals surface area contributed by atoms with Crippen LogP contribution in [0.1, 0.15) is 23.6 Å². The highest BCUT2D eigenvalue weighted by Gasteiger charge is 2.05. The third kappa shape index (κ3) is 5.35. The summed E-state index contributed by atoms with van der Waals surface area (Å²) in [7, 11) is 0. The molecule has 0 fully saturated rings. The van der Waals surface area contributed by atoms with E-state index in [0.29, 0.717) is 0 Å². The maximum atomic E-state index is 6.13. The van der Waals surface area contributed by atoms with Crippen molar-refractivity contribution in [3.8, 4) is 0 Å². The van der Waals surface area contributed by atoms with Gasteiger partial charge in [0.1, 0.15) is 0 Å². The number of nitrogens with one attached hydrogen (secondary N) is 1. The molecule has 138 valence electrons. The molecule has 0 atom stereocenters. The summed E-state index contributed by atoms with van der Waals surface area (Å²) in [6.07, 6.45) is 1.81. The van der Waals surface area contributed by atoms with Crippen LogP contribution in [0.25, 0.3) is 0 Å². The average Bonchev–Trinajstić information content (AvgIpc) is 2.70. The largest absolute Gasteiger partial charge is 0.367 e. The zero-order chi connectivity index (χ0) is 19.1. The molecule has 0 aliphatic carbocycles. The van der Waals surface area contributed by atoms with E-state index in [0.717, 1.165) is 34.9 Å². The summed E-state index contributed by atoms with van der Waals surface area (Å²) in [5, 5.41) is 5.03. The van der Waals surface area contributed by atoms with E-state index in [-0.39, 0.29) is 0 Å². The van der Waals surface area contributed by atoms with Gasteiger partial charge in [-0.3, -0.25) is 5.43 Å². The normalized spacial score (nSPS) is 10.9. The lowest BCUT2D eigenvalue weighted by molar-refractivity contribution is 0.832. The summed E-state index contributed by atoms with van der Waals surface area (Å²) in [5.41, 5.74) is 8.50. The van der Waals surface area contributed by atoms with Gasteiger partial charge in [-0.1, -0.05) is 60.1 Å². The standard InChI is InChI=1S/C23H24ClN3/c1-3-27(17-20-7-5-4-6-8-20)22-13-10-19(11-14-22)16-25-26-21-12-9-18(2)23(24)15-21/h4-16,26H,3,17H2,1-2H3/b25-16-. The fourth-order valence-corrected chi connectivity index (χ4v) is 2.98. The zero-order valence-electron chi connectivity index (χ0n) is 15.7. The average molecular weight is 378 g/mol. The van der Waals surface area contributed by atoms with Crippen molar-refractivity contribution >= 4 is 29.2 Å². The Hall–Kier alpha value is -2.78. The lowest BCUT2D eigenvalue weighted by atomic mass is 10.1. The van der Waals surface area contributed by atoms with E-state index in [1.807, 2.05) is 37.4 Å². The van der Waals surface area contributed by atoms with Gasteiger partial charge in [0.15, 0.2) is 0 Å². The molecule has 1 N–H and O–H groups in total. The lowest BCUT2D eigenvalue weighted by Crippen LogP contribution is -2.21. The highest BCUT2D eigenvalue weighted by atomic mass is 35.5. The van der Waals surface area contributed by atoms with E-state index in [1.165, 1.54) is 11.3 Å². The Bertz CT molecular complexity index is 889. The molecule has 0 radical (unpaired) electrons. The number of halogens is 1. The quantitative estimate of drug-likeness (QED) is 0.396. The van der Waals surface area contributed by atoms with E-state index >= 15 is 0 Å². The van der Waals surface area contributed by atoms with Gasteiger partial charge < -0.3 is 4.90 Å². The topological polar surface area (TPSA) is 27.6 Å². The fraction of sp³-hybridized carbons (Fsp3) is 0.174. The molecule has 0 aliphatic rings. The minimum Gasteiger partial charge on any atom is -0.367 e. The van der Waals surface area contributed by atoms with Gasteiger partial charge >= 0.3 is 0 Å². The van der Waals surface area contributed by atoms with Crippen LogP contribution in [0.3, 0.4) is 0 Å². The number of hydrogen-bond acceptors (Lipinski definition) is 3. The van der Waals surface area contributed by atoms with Crippen LogP contribution in [-0.2, 0) is 6.54 Å². The smallest absolute Gasteiger partial charge is 0.0576 e. The van der Waals surface area contributed by atoms with E-state index in [2.05, 4.69) is 70.9 Å². The van der Waals surface area contributed by atoms with E-state index in [9.17, 15) is 0 Å². The molecule has 0 saturated carbocycles. The molecule has 0 heterocycles. The number of aryl methyl sites for hydroxylation is 1. The van der Waals surface area contributed by atoms with Gasteiger partial charge in [0.2, 0.25) is 0 Å². The molecule has 0 aliphatic heterocycles. The van der Waals surface area contributed by atoms with Crippen molar-refractivity contribution in [1.82, 2.24) is 0 Å². The third-order valence-electron chi connectivity index (χ3n) is 4.44. The molecule has 0 unspecified atom stereocenters. The van der Waals surface area contributed by atoms with Gasteiger partial charge in [0.25, 0.3) is 0 Å². The van der Waals surface area contributed by atoms with Crippen LogP contribution in [0.4, 0.5) is 11.4 Å². The van der Waals surface area contributed by atoms with Gasteiger partial charge in [0.05, 0.1) is 11.9 Å². The van der Waals surface area contributed by atoms with Crippen LogP contribution in [0.2, 0.25) is 5.02 Å². The van der Waals surface area contributed by atoms with Gasteiger partial charge in [-0.05, 0) is 54.8 Å². The van der Waals surface area contributed by atoms with E-state index in [1.54, 1.807) is 0 Å². The molecule has 27 heavy (non-hydrogen) atoms. The minimum absolute atomic E-state index is 0.734. The molecule has 0 saturated heterocycles. The first-order valence-corrected chi connectivity index (χ1v) is 9.47. The lowest BCUT2D eigenvalue weighted by Gasteiger charge is -2.23. The summed E-state index contributed by atoms with van der Waals surface area (Å²) >= 11 is 6.13. The number of anilines is 2. The molecule has 0 spiro atoms. The van der Waals surface area contributed by atoms with Gasteiger partial charge in [-0.15, -0.1) is 0 Å². The van der Waals surface area contributed by atoms with E-state index in [4.69, 9.17) is 11.6 Å². The first kappa shape index (κ1) is 19.0. The Morgan fingerprint density at radius 1 is 1.00 bits per heavy atom. The van der Waals surface area contributed by atoms with Crippen LogP contribution >= 0.6 is 11.6 Å². The van der Waals surface area contributed by atoms with Crippen molar-refractivity contribution < 1.29 is 0 Å². The molecule has 3 aromatic carbocycles. The summed E-state index contributed by atoms with van der Waals surface area (Å²) in [6, 6.07) is 24.8. The molecule has 0 amide bonds. The van der Waals surface area contributed by atoms with Gasteiger partial charge in [-0.2, -0.15) is 5.10 Å². The van der Waals surface area contributed by atoms with Crippen LogP contribution in [0, 0.1) is 6.92 Å². The Balaban J connectivity index is 1.62. The molecule has 0 aromatic heterocycles. The van der Waals surface area contributed by atoms with E-state index < -0.39 is 0 Å². The molecule has 3 aromatic rings. The molecule has 0 bridgehead atoms. The van der Waals surface area contributed by atoms with Crippen molar-refractivity contribution in [1.29, 1.82) is 0 Å². The minimum atomic E-state index is 0.734. The molecule has 4 heteroatoms. The number of benzene rings is 3. The molecule has 3 nitrogen and oxygen atoms in total. The Morgan fingerprint density at radius 2 is 1.74 bits per heavy atom. The maximum Gasteiger partial charge on any atom is 0.0576 e. The second kappa shape index (κ2) is 9.24. The second-order valence-electron chi connectivity index (χ2n) is 6.43. The summed E-state index contributed by atoms with van der Waals surface area (Å²) in [6.45, 7) is 6.02. The number of hydrogen-bond donors (Lipinski definition) is 1. The monoisotopic (exact) mass is 377 g/mol. The van der Waals surface area contributed by atoms with Crippen molar-refractivity contribution in [3.05, 3.63) is 94.5 Å². The van der Waals surface area contributed by atoms with Crippen LogP contribution in [-0.4, -0.2) is 12.8 Å². The predicted octanol–water partition coefficient (Wildman–Crippen LogP) is 6.12. The zero-order valence-corrected chi connectivity index (χ0v) is 16.4. The fourth-order valence-electron chi connectivity index (χ4n) is 2.80. The second-order valence-corrected chi connectivity index (χ2v) is 6.83. The predicted molar refractivity (Wildman–Crippen MR) is 117 cm³/mol. The number of rotatable bonds is 7. The highest BCUT2D eigenvalue weighted by molar-refractivity contribution is 6.31. The SMILES string of the molecule is CCN(Cc1ccccc1)c1ccc(/C=N\Nc2ccc(C)c(Cl)c2)cc1. The molecular weight excluding hydrogens is 354 g/mol. The van der Waals surface area contributed by atoms with Crippen molar-refractivity contribution in [2.75, 3.05) is 16.9 Å². The van der Waals surface area contributed by atoms with Crippen LogP contribution in [0.15, 0.2) is 77.9 Å². The van der Waals surface area contributed by atoms with Crippen LogP contribution < -0.4 is 10.3 Å². The number of hydrazone groups is 1. The first-order valence-electron chi connectivity index (χ1n) is 9.10. The summed E-state index contributed by atoms with van der Waals surface area (Å²) in [4.78, 5) is 2.35. The van der Waals surface area contributed by atoms with Crippen LogP contribution in [0.5, 0.6) is 0 Å². The van der Waals surface area contributed by atoms with Crippen molar-refractivity contribution in [2.45, 2.75) is 20.4 Å². The maximum absolute atomic E-state index is 6.13. The summed E-state index contributed by atoms with van der Waals surface area (Å²) in [5.74, 6) is 0. The highest BCUT2D eigenvalue weighted by Crippen LogP contribution is 2.20. The Labute approximate surface area is 166 Å². The Morgan fingerprint density at radius 3 is 2.41 bits per heavy atom. The third-order valence-corrected chi connectivity index (χ3v) is 4.84. The van der Waals surface area contributed by atoms with Crippen molar-refractivity contribution in [3.63, 3.8) is 0 Å².